The maximum atomic E-state index is 11.4. The first-order chi connectivity index (χ1) is 7.72. The van der Waals surface area contributed by atoms with E-state index in [0.717, 1.165) is 19.4 Å². The number of carbonyl (C=O) groups excluding carboxylic acids is 2. The van der Waals surface area contributed by atoms with Crippen LogP contribution < -0.4 is 5.32 Å². The predicted octanol–water partition coefficient (Wildman–Crippen LogP) is 1.21. The molecule has 0 saturated carbocycles. The summed E-state index contributed by atoms with van der Waals surface area (Å²) < 4.78 is 4.68. The van der Waals surface area contributed by atoms with Crippen LogP contribution in [0.5, 0.6) is 0 Å². The molecular formula is C12H19NO3. The maximum Gasteiger partial charge on any atom is 0.330 e. The van der Waals surface area contributed by atoms with Gasteiger partial charge in [0.1, 0.15) is 0 Å². The summed E-state index contributed by atoms with van der Waals surface area (Å²) in [6.45, 7) is 3.13. The van der Waals surface area contributed by atoms with Gasteiger partial charge >= 0.3 is 5.97 Å². The number of ketones is 1. The van der Waals surface area contributed by atoms with Crippen molar-refractivity contribution in [2.24, 2.45) is 0 Å². The Bertz CT molecular complexity index is 267. The molecule has 16 heavy (non-hydrogen) atoms. The second-order valence-electron chi connectivity index (χ2n) is 3.88. The predicted molar refractivity (Wildman–Crippen MR) is 61.0 cm³/mol. The third-order valence-electron chi connectivity index (χ3n) is 2.59. The SMILES string of the molecule is CCOC(=O)/C=C/C(=O)CCC1CCCN1. The van der Waals surface area contributed by atoms with Crippen LogP contribution in [-0.4, -0.2) is 30.9 Å². The van der Waals surface area contributed by atoms with Crippen LogP contribution in [0.15, 0.2) is 12.2 Å². The van der Waals surface area contributed by atoms with E-state index in [9.17, 15) is 9.59 Å². The standard InChI is InChI=1S/C12H19NO3/c1-2-16-12(15)8-7-11(14)6-5-10-4-3-9-13-10/h7-8,10,13H,2-6,9H2,1H3/b8-7+. The fraction of sp³-hybridized carbons (Fsp3) is 0.667. The topological polar surface area (TPSA) is 55.4 Å². The van der Waals surface area contributed by atoms with E-state index >= 15 is 0 Å². The molecule has 4 heteroatoms. The van der Waals surface area contributed by atoms with Crippen LogP contribution >= 0.6 is 0 Å². The molecule has 4 nitrogen and oxygen atoms in total. The van der Waals surface area contributed by atoms with E-state index in [0.29, 0.717) is 19.1 Å². The van der Waals surface area contributed by atoms with Crippen LogP contribution in [0.4, 0.5) is 0 Å². The Balaban J connectivity index is 2.16. The normalized spacial score (nSPS) is 20.2. The minimum Gasteiger partial charge on any atom is -0.463 e. The summed E-state index contributed by atoms with van der Waals surface area (Å²) in [7, 11) is 0. The van der Waals surface area contributed by atoms with Gasteiger partial charge in [0, 0.05) is 18.5 Å². The van der Waals surface area contributed by atoms with Gasteiger partial charge in [0.2, 0.25) is 0 Å². The molecule has 1 heterocycles. The van der Waals surface area contributed by atoms with Crippen molar-refractivity contribution in [3.8, 4) is 0 Å². The van der Waals surface area contributed by atoms with E-state index in [1.807, 2.05) is 0 Å². The number of nitrogens with one attached hydrogen (secondary N) is 1. The summed E-state index contributed by atoms with van der Waals surface area (Å²) in [5.41, 5.74) is 0. The Kier molecular flexibility index (Phi) is 5.78. The molecule has 0 radical (unpaired) electrons. The Morgan fingerprint density at radius 3 is 2.88 bits per heavy atom. The molecule has 90 valence electrons. The van der Waals surface area contributed by atoms with Gasteiger partial charge < -0.3 is 10.1 Å². The van der Waals surface area contributed by atoms with Crippen molar-refractivity contribution in [1.29, 1.82) is 0 Å². The molecule has 1 unspecified atom stereocenters. The Labute approximate surface area is 96.0 Å². The first kappa shape index (κ1) is 12.9. The number of carbonyl (C=O) groups is 2. The monoisotopic (exact) mass is 225 g/mol. The van der Waals surface area contributed by atoms with Gasteiger partial charge in [0.05, 0.1) is 6.61 Å². The molecule has 0 aromatic heterocycles. The van der Waals surface area contributed by atoms with Crippen LogP contribution in [0.25, 0.3) is 0 Å². The van der Waals surface area contributed by atoms with Gasteiger partial charge in [-0.25, -0.2) is 4.79 Å². The molecule has 1 saturated heterocycles. The highest BCUT2D eigenvalue weighted by Crippen LogP contribution is 2.10. The Hall–Kier alpha value is -1.16. The molecule has 0 aliphatic carbocycles. The van der Waals surface area contributed by atoms with E-state index < -0.39 is 5.97 Å². The average Bonchev–Trinajstić information content (AvgIpc) is 2.77. The third kappa shape index (κ3) is 5.07. The summed E-state index contributed by atoms with van der Waals surface area (Å²) in [6, 6.07) is 0.472. The van der Waals surface area contributed by atoms with Crippen molar-refractivity contribution in [1.82, 2.24) is 5.32 Å². The van der Waals surface area contributed by atoms with Gasteiger partial charge in [-0.05, 0) is 38.8 Å². The van der Waals surface area contributed by atoms with Crippen molar-refractivity contribution >= 4 is 11.8 Å². The quantitative estimate of drug-likeness (QED) is 0.545. The van der Waals surface area contributed by atoms with Gasteiger partial charge in [-0.2, -0.15) is 0 Å². The van der Waals surface area contributed by atoms with Crippen molar-refractivity contribution in [2.75, 3.05) is 13.2 Å². The van der Waals surface area contributed by atoms with Gasteiger partial charge in [-0.15, -0.1) is 0 Å². The Morgan fingerprint density at radius 1 is 1.44 bits per heavy atom. The summed E-state index contributed by atoms with van der Waals surface area (Å²) >= 11 is 0. The minimum atomic E-state index is -0.449. The highest BCUT2D eigenvalue weighted by atomic mass is 16.5. The second kappa shape index (κ2) is 7.17. The lowest BCUT2D eigenvalue weighted by Gasteiger charge is -2.07. The molecule has 1 N–H and O–H groups in total. The smallest absolute Gasteiger partial charge is 0.330 e. The molecule has 1 fully saturated rings. The number of ether oxygens (including phenoxy) is 1. The van der Waals surface area contributed by atoms with Crippen LogP contribution in [-0.2, 0) is 14.3 Å². The molecule has 0 aromatic rings. The molecule has 0 bridgehead atoms. The first-order valence-corrected chi connectivity index (χ1v) is 5.83. The number of allylic oxidation sites excluding steroid dienone is 1. The zero-order valence-corrected chi connectivity index (χ0v) is 9.70. The number of rotatable bonds is 6. The van der Waals surface area contributed by atoms with Gasteiger partial charge in [-0.1, -0.05) is 0 Å². The summed E-state index contributed by atoms with van der Waals surface area (Å²) in [5, 5.41) is 3.33. The van der Waals surface area contributed by atoms with Crippen LogP contribution in [0, 0.1) is 0 Å². The van der Waals surface area contributed by atoms with Crippen molar-refractivity contribution in [3.05, 3.63) is 12.2 Å². The lowest BCUT2D eigenvalue weighted by atomic mass is 10.1. The largest absolute Gasteiger partial charge is 0.463 e. The molecule has 1 aliphatic heterocycles. The maximum absolute atomic E-state index is 11.4. The molecule has 1 atom stereocenters. The second-order valence-corrected chi connectivity index (χ2v) is 3.88. The minimum absolute atomic E-state index is 0.0123. The van der Waals surface area contributed by atoms with E-state index in [4.69, 9.17) is 0 Å². The molecule has 1 rings (SSSR count). The molecular weight excluding hydrogens is 206 g/mol. The average molecular weight is 225 g/mol. The van der Waals surface area contributed by atoms with Crippen molar-refractivity contribution in [3.63, 3.8) is 0 Å². The summed E-state index contributed by atoms with van der Waals surface area (Å²) in [6.07, 6.45) is 6.20. The van der Waals surface area contributed by atoms with E-state index in [1.54, 1.807) is 6.92 Å². The van der Waals surface area contributed by atoms with E-state index in [2.05, 4.69) is 10.1 Å². The van der Waals surface area contributed by atoms with E-state index in [1.165, 1.54) is 18.6 Å². The zero-order chi connectivity index (χ0) is 11.8. The number of esters is 1. The zero-order valence-electron chi connectivity index (χ0n) is 9.70. The number of hydrogen-bond acceptors (Lipinski definition) is 4. The van der Waals surface area contributed by atoms with Gasteiger partial charge in [-0.3, -0.25) is 4.79 Å². The van der Waals surface area contributed by atoms with Crippen molar-refractivity contribution in [2.45, 2.75) is 38.6 Å². The molecule has 0 spiro atoms. The lowest BCUT2D eigenvalue weighted by Crippen LogP contribution is -2.21. The van der Waals surface area contributed by atoms with Gasteiger partial charge in [0.15, 0.2) is 5.78 Å². The fourth-order valence-corrected chi connectivity index (χ4v) is 1.75. The summed E-state index contributed by atoms with van der Waals surface area (Å²) in [4.78, 5) is 22.3. The van der Waals surface area contributed by atoms with Crippen molar-refractivity contribution < 1.29 is 14.3 Å². The summed E-state index contributed by atoms with van der Waals surface area (Å²) in [5.74, 6) is -0.461. The molecule has 0 aromatic carbocycles. The highest BCUT2D eigenvalue weighted by Gasteiger charge is 2.14. The van der Waals surface area contributed by atoms with Gasteiger partial charge in [0.25, 0.3) is 0 Å². The first-order valence-electron chi connectivity index (χ1n) is 5.83. The van der Waals surface area contributed by atoms with Crippen LogP contribution in [0.2, 0.25) is 0 Å². The van der Waals surface area contributed by atoms with Crippen LogP contribution in [0.3, 0.4) is 0 Å². The highest BCUT2D eigenvalue weighted by molar-refractivity contribution is 5.95. The van der Waals surface area contributed by atoms with Crippen LogP contribution in [0.1, 0.15) is 32.6 Å². The fourth-order valence-electron chi connectivity index (χ4n) is 1.75. The molecule has 1 aliphatic rings. The Morgan fingerprint density at radius 2 is 2.25 bits per heavy atom. The van der Waals surface area contributed by atoms with E-state index in [-0.39, 0.29) is 5.78 Å². The third-order valence-corrected chi connectivity index (χ3v) is 2.59. The lowest BCUT2D eigenvalue weighted by molar-refractivity contribution is -0.137. The number of hydrogen-bond donors (Lipinski definition) is 1. The molecule has 0 amide bonds.